The predicted molar refractivity (Wildman–Crippen MR) is 56.4 cm³/mol. The Balaban J connectivity index is 3.33. The smallest absolute Gasteiger partial charge is 0.106 e. The van der Waals surface area contributed by atoms with E-state index in [1.54, 1.807) is 13.4 Å². The monoisotopic (exact) mass is 185 g/mol. The summed E-state index contributed by atoms with van der Waals surface area (Å²) >= 11 is 0. The Morgan fingerprint density at radius 3 is 2.92 bits per heavy atom. The molecule has 0 atom stereocenters. The summed E-state index contributed by atoms with van der Waals surface area (Å²) in [6.45, 7) is 5.79. The van der Waals surface area contributed by atoms with E-state index in [-0.39, 0.29) is 0 Å². The molecule has 0 aliphatic rings. The predicted octanol–water partition coefficient (Wildman–Crippen LogP) is 1.43. The number of nitrogens with zero attached hydrogens (tertiary/aromatic N) is 2. The SMILES string of the molecule is CCCN/C=N\CC/C(C)=N\OC. The maximum atomic E-state index is 4.62. The Bertz CT molecular complexity index is 166. The normalized spacial score (nSPS) is 12.1. The molecule has 0 bridgehead atoms. The summed E-state index contributed by atoms with van der Waals surface area (Å²) < 4.78 is 0. The van der Waals surface area contributed by atoms with E-state index >= 15 is 0 Å². The highest BCUT2D eigenvalue weighted by atomic mass is 16.6. The third-order valence-electron chi connectivity index (χ3n) is 1.43. The number of aliphatic imine (C=N–C) groups is 1. The molecule has 0 aromatic carbocycles. The van der Waals surface area contributed by atoms with Crippen molar-refractivity contribution < 1.29 is 4.84 Å². The first-order valence-corrected chi connectivity index (χ1v) is 4.59. The lowest BCUT2D eigenvalue weighted by Gasteiger charge is -1.96. The van der Waals surface area contributed by atoms with Crippen molar-refractivity contribution in [3.05, 3.63) is 0 Å². The molecule has 4 nitrogen and oxygen atoms in total. The van der Waals surface area contributed by atoms with Crippen LogP contribution in [0.2, 0.25) is 0 Å². The van der Waals surface area contributed by atoms with Crippen LogP contribution in [0.5, 0.6) is 0 Å². The lowest BCUT2D eigenvalue weighted by Crippen LogP contribution is -2.11. The fourth-order valence-electron chi connectivity index (χ4n) is 0.766. The molecule has 0 aromatic rings. The second-order valence-electron chi connectivity index (χ2n) is 2.75. The minimum atomic E-state index is 0.759. The minimum Gasteiger partial charge on any atom is -0.399 e. The van der Waals surface area contributed by atoms with Gasteiger partial charge < -0.3 is 10.2 Å². The van der Waals surface area contributed by atoms with Gasteiger partial charge in [-0.2, -0.15) is 0 Å². The molecular weight excluding hydrogens is 166 g/mol. The molecule has 0 rings (SSSR count). The number of oxime groups is 1. The van der Waals surface area contributed by atoms with Gasteiger partial charge in [0.15, 0.2) is 0 Å². The number of hydrogen-bond donors (Lipinski definition) is 1. The zero-order valence-corrected chi connectivity index (χ0v) is 8.71. The molecule has 1 N–H and O–H groups in total. The van der Waals surface area contributed by atoms with Crippen molar-refractivity contribution >= 4 is 12.1 Å². The van der Waals surface area contributed by atoms with E-state index in [4.69, 9.17) is 0 Å². The maximum absolute atomic E-state index is 4.62. The Morgan fingerprint density at radius 1 is 1.54 bits per heavy atom. The molecule has 76 valence electrons. The van der Waals surface area contributed by atoms with Gasteiger partial charge in [-0.3, -0.25) is 4.99 Å². The minimum absolute atomic E-state index is 0.759. The van der Waals surface area contributed by atoms with E-state index in [0.29, 0.717) is 0 Å². The van der Waals surface area contributed by atoms with E-state index < -0.39 is 0 Å². The number of nitrogens with one attached hydrogen (secondary N) is 1. The van der Waals surface area contributed by atoms with Crippen LogP contribution < -0.4 is 5.32 Å². The lowest BCUT2D eigenvalue weighted by molar-refractivity contribution is 0.212. The Morgan fingerprint density at radius 2 is 2.31 bits per heavy atom. The molecule has 13 heavy (non-hydrogen) atoms. The van der Waals surface area contributed by atoms with Crippen molar-refractivity contribution in [1.29, 1.82) is 0 Å². The summed E-state index contributed by atoms with van der Waals surface area (Å²) in [4.78, 5) is 8.78. The van der Waals surface area contributed by atoms with Gasteiger partial charge in [0.25, 0.3) is 0 Å². The van der Waals surface area contributed by atoms with Crippen LogP contribution >= 0.6 is 0 Å². The molecule has 0 saturated heterocycles. The molecule has 0 spiro atoms. The molecule has 0 aliphatic heterocycles. The van der Waals surface area contributed by atoms with E-state index in [1.807, 2.05) is 6.92 Å². The second-order valence-corrected chi connectivity index (χ2v) is 2.75. The largest absolute Gasteiger partial charge is 0.399 e. The van der Waals surface area contributed by atoms with Crippen LogP contribution in [0.15, 0.2) is 10.1 Å². The first kappa shape index (κ1) is 11.9. The summed E-state index contributed by atoms with van der Waals surface area (Å²) in [5.74, 6) is 0. The summed E-state index contributed by atoms with van der Waals surface area (Å²) in [6.07, 6.45) is 3.72. The van der Waals surface area contributed by atoms with Crippen LogP contribution in [0.1, 0.15) is 26.7 Å². The van der Waals surface area contributed by atoms with Gasteiger partial charge in [0, 0.05) is 19.5 Å². The molecular formula is C9H19N3O. The van der Waals surface area contributed by atoms with Crippen LogP contribution in [0, 0.1) is 0 Å². The molecule has 0 radical (unpaired) electrons. The van der Waals surface area contributed by atoms with Gasteiger partial charge in [-0.15, -0.1) is 0 Å². The molecule has 0 fully saturated rings. The Kier molecular flexibility index (Phi) is 8.30. The van der Waals surface area contributed by atoms with Crippen LogP contribution in [0.3, 0.4) is 0 Å². The van der Waals surface area contributed by atoms with E-state index in [0.717, 1.165) is 31.6 Å². The third-order valence-corrected chi connectivity index (χ3v) is 1.43. The first-order valence-electron chi connectivity index (χ1n) is 4.59. The first-order chi connectivity index (χ1) is 6.31. The average Bonchev–Trinajstić information content (AvgIpc) is 2.11. The van der Waals surface area contributed by atoms with Crippen LogP contribution in [0.25, 0.3) is 0 Å². The highest BCUT2D eigenvalue weighted by Gasteiger charge is 1.89. The summed E-state index contributed by atoms with van der Waals surface area (Å²) in [7, 11) is 1.55. The molecule has 4 heteroatoms. The van der Waals surface area contributed by atoms with E-state index in [9.17, 15) is 0 Å². The van der Waals surface area contributed by atoms with Gasteiger partial charge >= 0.3 is 0 Å². The van der Waals surface area contributed by atoms with Crippen molar-refractivity contribution in [2.45, 2.75) is 26.7 Å². The summed E-state index contributed by atoms with van der Waals surface area (Å²) in [5.41, 5.74) is 0.968. The average molecular weight is 185 g/mol. The van der Waals surface area contributed by atoms with Gasteiger partial charge in [-0.05, 0) is 13.3 Å². The van der Waals surface area contributed by atoms with Crippen molar-refractivity contribution in [3.8, 4) is 0 Å². The topological polar surface area (TPSA) is 46.0 Å². The maximum Gasteiger partial charge on any atom is 0.106 e. The lowest BCUT2D eigenvalue weighted by atomic mass is 10.3. The van der Waals surface area contributed by atoms with Crippen molar-refractivity contribution in [2.24, 2.45) is 10.1 Å². The number of hydrogen-bond acceptors (Lipinski definition) is 3. The van der Waals surface area contributed by atoms with Gasteiger partial charge in [0.2, 0.25) is 0 Å². The zero-order chi connectivity index (χ0) is 9.94. The van der Waals surface area contributed by atoms with Crippen molar-refractivity contribution in [1.82, 2.24) is 5.32 Å². The Labute approximate surface area is 80.1 Å². The van der Waals surface area contributed by atoms with Crippen LogP contribution in [-0.4, -0.2) is 32.2 Å². The fraction of sp³-hybridized carbons (Fsp3) is 0.778. The van der Waals surface area contributed by atoms with Gasteiger partial charge in [0.1, 0.15) is 7.11 Å². The molecule has 0 unspecified atom stereocenters. The second kappa shape index (κ2) is 9.03. The van der Waals surface area contributed by atoms with Gasteiger partial charge in [-0.1, -0.05) is 12.1 Å². The van der Waals surface area contributed by atoms with Crippen LogP contribution in [-0.2, 0) is 4.84 Å². The van der Waals surface area contributed by atoms with Crippen molar-refractivity contribution in [3.63, 3.8) is 0 Å². The van der Waals surface area contributed by atoms with Gasteiger partial charge in [-0.25, -0.2) is 0 Å². The summed E-state index contributed by atoms with van der Waals surface area (Å²) in [5, 5.41) is 6.86. The standard InChI is InChI=1S/C9H19N3O/c1-4-6-10-8-11-7-5-9(2)12-13-3/h8H,4-7H2,1-3H3,(H,10,11)/b12-9-. The Hall–Kier alpha value is -1.06. The molecule has 0 amide bonds. The molecule has 0 aromatic heterocycles. The zero-order valence-electron chi connectivity index (χ0n) is 8.71. The van der Waals surface area contributed by atoms with Crippen LogP contribution in [0.4, 0.5) is 0 Å². The highest BCUT2D eigenvalue weighted by Crippen LogP contribution is 1.86. The van der Waals surface area contributed by atoms with Crippen molar-refractivity contribution in [2.75, 3.05) is 20.2 Å². The molecule has 0 aliphatic carbocycles. The fourth-order valence-corrected chi connectivity index (χ4v) is 0.766. The van der Waals surface area contributed by atoms with E-state index in [2.05, 4.69) is 27.2 Å². The molecule has 0 saturated carbocycles. The number of rotatable bonds is 7. The third kappa shape index (κ3) is 8.85. The van der Waals surface area contributed by atoms with E-state index in [1.165, 1.54) is 0 Å². The van der Waals surface area contributed by atoms with Gasteiger partial charge in [0.05, 0.1) is 12.1 Å². The summed E-state index contributed by atoms with van der Waals surface area (Å²) in [6, 6.07) is 0. The quantitative estimate of drug-likeness (QED) is 0.282. The highest BCUT2D eigenvalue weighted by molar-refractivity contribution is 5.81. The molecule has 0 heterocycles.